The van der Waals surface area contributed by atoms with E-state index in [9.17, 15) is 14.4 Å². The fourth-order valence-electron chi connectivity index (χ4n) is 2.70. The molecule has 0 aromatic heterocycles. The highest BCUT2D eigenvalue weighted by atomic mass is 32.2. The standard InChI is InChI=1S/C19H27N3O4S/c1-19(2,3)26-18(25)20-11-6-5-10-15-16(23)22(17(24)21-15)13-8-7-9-14(12-13)27-4/h7-9,12,15H,5-6,10-11H2,1-4H3,(H,20,25)(H,21,24)/t15-/m0/s1. The summed E-state index contributed by atoms with van der Waals surface area (Å²) in [6, 6.07) is 6.42. The first-order valence-electron chi connectivity index (χ1n) is 8.96. The molecule has 1 saturated heterocycles. The molecule has 4 amide bonds. The van der Waals surface area contributed by atoms with Crippen molar-refractivity contribution < 1.29 is 19.1 Å². The van der Waals surface area contributed by atoms with E-state index in [0.717, 1.165) is 4.90 Å². The maximum absolute atomic E-state index is 12.6. The monoisotopic (exact) mass is 393 g/mol. The van der Waals surface area contributed by atoms with Gasteiger partial charge in [0.25, 0.3) is 5.91 Å². The van der Waals surface area contributed by atoms with Gasteiger partial charge in [0.1, 0.15) is 11.6 Å². The molecule has 2 rings (SSSR count). The Balaban J connectivity index is 1.79. The van der Waals surface area contributed by atoms with Gasteiger partial charge in [-0.2, -0.15) is 0 Å². The number of amides is 4. The Labute approximate surface area is 164 Å². The first-order valence-corrected chi connectivity index (χ1v) is 10.2. The molecule has 0 aliphatic carbocycles. The number of carbonyl (C=O) groups is 3. The molecular weight excluding hydrogens is 366 g/mol. The van der Waals surface area contributed by atoms with E-state index >= 15 is 0 Å². The van der Waals surface area contributed by atoms with Crippen LogP contribution in [0.1, 0.15) is 40.0 Å². The summed E-state index contributed by atoms with van der Waals surface area (Å²) in [5.41, 5.74) is 0.0558. The van der Waals surface area contributed by atoms with Crippen LogP contribution in [0, 0.1) is 0 Å². The molecule has 0 spiro atoms. The van der Waals surface area contributed by atoms with Gasteiger partial charge in [0, 0.05) is 11.4 Å². The average molecular weight is 394 g/mol. The van der Waals surface area contributed by atoms with Gasteiger partial charge < -0.3 is 15.4 Å². The van der Waals surface area contributed by atoms with Crippen LogP contribution in [0.15, 0.2) is 29.2 Å². The van der Waals surface area contributed by atoms with Crippen molar-refractivity contribution in [2.45, 2.75) is 56.6 Å². The van der Waals surface area contributed by atoms with Gasteiger partial charge in [-0.15, -0.1) is 11.8 Å². The van der Waals surface area contributed by atoms with Gasteiger partial charge in [0.2, 0.25) is 0 Å². The third-order valence-corrected chi connectivity index (χ3v) is 4.64. The first kappa shape index (κ1) is 21.1. The van der Waals surface area contributed by atoms with E-state index in [2.05, 4.69) is 10.6 Å². The molecule has 0 saturated carbocycles. The SMILES string of the molecule is CSc1cccc(N2C(=O)N[C@@H](CCCCNC(=O)OC(C)(C)C)C2=O)c1. The smallest absolute Gasteiger partial charge is 0.407 e. The number of hydrogen-bond acceptors (Lipinski definition) is 5. The van der Waals surface area contributed by atoms with E-state index in [0.29, 0.717) is 31.5 Å². The number of alkyl carbamates (subject to hydrolysis) is 1. The molecule has 148 valence electrons. The van der Waals surface area contributed by atoms with Gasteiger partial charge in [-0.1, -0.05) is 6.07 Å². The van der Waals surface area contributed by atoms with Crippen LogP contribution in [0.5, 0.6) is 0 Å². The van der Waals surface area contributed by atoms with Crippen molar-refractivity contribution in [2.24, 2.45) is 0 Å². The van der Waals surface area contributed by atoms with E-state index in [-0.39, 0.29) is 5.91 Å². The van der Waals surface area contributed by atoms with Gasteiger partial charge in [-0.25, -0.2) is 14.5 Å². The van der Waals surface area contributed by atoms with E-state index in [4.69, 9.17) is 4.74 Å². The predicted molar refractivity (Wildman–Crippen MR) is 106 cm³/mol. The van der Waals surface area contributed by atoms with Crippen LogP contribution in [0.3, 0.4) is 0 Å². The van der Waals surface area contributed by atoms with Gasteiger partial charge in [0.15, 0.2) is 0 Å². The molecular formula is C19H27N3O4S. The number of rotatable bonds is 7. The lowest BCUT2D eigenvalue weighted by Gasteiger charge is -2.19. The lowest BCUT2D eigenvalue weighted by Crippen LogP contribution is -2.33. The van der Waals surface area contributed by atoms with Crippen molar-refractivity contribution in [3.63, 3.8) is 0 Å². The van der Waals surface area contributed by atoms with Crippen molar-refractivity contribution in [3.8, 4) is 0 Å². The minimum absolute atomic E-state index is 0.238. The predicted octanol–water partition coefficient (Wildman–Crippen LogP) is 3.53. The summed E-state index contributed by atoms with van der Waals surface area (Å²) >= 11 is 1.56. The Morgan fingerprint density at radius 1 is 1.30 bits per heavy atom. The molecule has 1 aromatic rings. The molecule has 1 atom stereocenters. The third-order valence-electron chi connectivity index (χ3n) is 3.92. The summed E-state index contributed by atoms with van der Waals surface area (Å²) in [5, 5.41) is 5.42. The fraction of sp³-hybridized carbons (Fsp3) is 0.526. The second kappa shape index (κ2) is 9.12. The normalized spacial score (nSPS) is 17.0. The van der Waals surface area contributed by atoms with Gasteiger partial charge >= 0.3 is 12.1 Å². The number of imide groups is 1. The van der Waals surface area contributed by atoms with Gasteiger partial charge in [-0.3, -0.25) is 4.79 Å². The average Bonchev–Trinajstić information content (AvgIpc) is 2.87. The van der Waals surface area contributed by atoms with Crippen molar-refractivity contribution in [1.29, 1.82) is 0 Å². The molecule has 1 aliphatic rings. The summed E-state index contributed by atoms with van der Waals surface area (Å²) in [4.78, 5) is 38.6. The van der Waals surface area contributed by atoms with Gasteiger partial charge in [0.05, 0.1) is 5.69 Å². The van der Waals surface area contributed by atoms with Crippen LogP contribution in [-0.4, -0.2) is 42.5 Å². The number of ether oxygens (including phenoxy) is 1. The number of thioether (sulfide) groups is 1. The number of nitrogens with one attached hydrogen (secondary N) is 2. The zero-order valence-corrected chi connectivity index (χ0v) is 17.0. The minimum Gasteiger partial charge on any atom is -0.444 e. The number of nitrogens with zero attached hydrogens (tertiary/aromatic N) is 1. The maximum atomic E-state index is 12.6. The number of unbranched alkanes of at least 4 members (excludes halogenated alkanes) is 1. The number of anilines is 1. The Bertz CT molecular complexity index is 702. The van der Waals surface area contributed by atoms with E-state index < -0.39 is 23.8 Å². The number of hydrogen-bond donors (Lipinski definition) is 2. The Hall–Kier alpha value is -2.22. The summed E-state index contributed by atoms with van der Waals surface area (Å²) in [6.07, 6.45) is 3.41. The molecule has 1 fully saturated rings. The van der Waals surface area contributed by atoms with Crippen LogP contribution >= 0.6 is 11.8 Å². The second-order valence-electron chi connectivity index (χ2n) is 7.30. The molecule has 1 aromatic carbocycles. The molecule has 1 heterocycles. The lowest BCUT2D eigenvalue weighted by atomic mass is 10.1. The molecule has 2 N–H and O–H groups in total. The lowest BCUT2D eigenvalue weighted by molar-refractivity contribution is -0.118. The van der Waals surface area contributed by atoms with Crippen molar-refractivity contribution in [2.75, 3.05) is 17.7 Å². The highest BCUT2D eigenvalue weighted by Gasteiger charge is 2.38. The molecule has 0 unspecified atom stereocenters. The number of benzene rings is 1. The number of carbonyl (C=O) groups excluding carboxylic acids is 3. The molecule has 7 nitrogen and oxygen atoms in total. The van der Waals surface area contributed by atoms with E-state index in [1.165, 1.54) is 4.90 Å². The van der Waals surface area contributed by atoms with Crippen LogP contribution in [0.4, 0.5) is 15.3 Å². The summed E-state index contributed by atoms with van der Waals surface area (Å²) in [7, 11) is 0. The van der Waals surface area contributed by atoms with E-state index in [1.807, 2.05) is 45.2 Å². The first-order chi connectivity index (χ1) is 12.7. The van der Waals surface area contributed by atoms with Crippen LogP contribution in [0.25, 0.3) is 0 Å². The van der Waals surface area contributed by atoms with Crippen LogP contribution < -0.4 is 15.5 Å². The fourth-order valence-corrected chi connectivity index (χ4v) is 3.15. The Morgan fingerprint density at radius 3 is 2.70 bits per heavy atom. The largest absolute Gasteiger partial charge is 0.444 e. The zero-order valence-electron chi connectivity index (χ0n) is 16.2. The molecule has 0 radical (unpaired) electrons. The zero-order chi connectivity index (χ0) is 20.0. The highest BCUT2D eigenvalue weighted by molar-refractivity contribution is 7.98. The number of urea groups is 1. The molecule has 1 aliphatic heterocycles. The van der Waals surface area contributed by atoms with Crippen molar-refractivity contribution >= 4 is 35.5 Å². The summed E-state index contributed by atoms with van der Waals surface area (Å²) in [6.45, 7) is 5.88. The third kappa shape index (κ3) is 6.16. The molecule has 27 heavy (non-hydrogen) atoms. The summed E-state index contributed by atoms with van der Waals surface area (Å²) < 4.78 is 5.16. The second-order valence-corrected chi connectivity index (χ2v) is 8.18. The summed E-state index contributed by atoms with van der Waals surface area (Å²) in [5.74, 6) is -0.238. The molecule has 0 bridgehead atoms. The highest BCUT2D eigenvalue weighted by Crippen LogP contribution is 2.25. The van der Waals surface area contributed by atoms with Crippen molar-refractivity contribution in [1.82, 2.24) is 10.6 Å². The maximum Gasteiger partial charge on any atom is 0.407 e. The Morgan fingerprint density at radius 2 is 2.04 bits per heavy atom. The molecule has 8 heteroatoms. The topological polar surface area (TPSA) is 87.7 Å². The quantitative estimate of drug-likeness (QED) is 0.420. The van der Waals surface area contributed by atoms with E-state index in [1.54, 1.807) is 17.8 Å². The van der Waals surface area contributed by atoms with Crippen LogP contribution in [0.2, 0.25) is 0 Å². The van der Waals surface area contributed by atoms with Crippen LogP contribution in [-0.2, 0) is 9.53 Å². The van der Waals surface area contributed by atoms with Gasteiger partial charge in [-0.05, 0) is 64.5 Å². The minimum atomic E-state index is -0.531. The van der Waals surface area contributed by atoms with Crippen molar-refractivity contribution in [3.05, 3.63) is 24.3 Å². The Kier molecular flexibility index (Phi) is 7.12.